The van der Waals surface area contributed by atoms with Gasteiger partial charge in [-0.1, -0.05) is 11.6 Å². The monoisotopic (exact) mass is 330 g/mol. The molecule has 21 heavy (non-hydrogen) atoms. The Labute approximate surface area is 126 Å². The lowest BCUT2D eigenvalue weighted by Gasteiger charge is -2.13. The molecule has 0 aromatic heterocycles. The Kier molecular flexibility index (Phi) is 4.08. The Morgan fingerprint density at radius 1 is 1.19 bits per heavy atom. The van der Waals surface area contributed by atoms with Gasteiger partial charge in [0.25, 0.3) is 0 Å². The van der Waals surface area contributed by atoms with Crippen molar-refractivity contribution >= 4 is 27.3 Å². The lowest BCUT2D eigenvalue weighted by Crippen LogP contribution is -2.14. The number of hydrogen-bond donors (Lipinski definition) is 2. The van der Waals surface area contributed by atoms with Crippen molar-refractivity contribution in [2.45, 2.75) is 11.8 Å². The second-order valence-corrected chi connectivity index (χ2v) is 6.30. The second-order valence-electron chi connectivity index (χ2n) is 4.36. The Balaban J connectivity index is 2.52. The topological polar surface area (TPSA) is 95.4 Å². The molecule has 0 fully saturated rings. The van der Waals surface area contributed by atoms with Crippen molar-refractivity contribution in [3.8, 4) is 11.5 Å². The number of ether oxygens (including phenoxy) is 1. The molecule has 0 saturated heterocycles. The predicted molar refractivity (Wildman–Crippen MR) is 78.4 cm³/mol. The zero-order chi connectivity index (χ0) is 15.8. The molecule has 2 aromatic rings. The number of anilines is 1. The number of rotatable bonds is 3. The van der Waals surface area contributed by atoms with Crippen LogP contribution >= 0.6 is 11.6 Å². The summed E-state index contributed by atoms with van der Waals surface area (Å²) in [6.07, 6.45) is 0. The number of halogens is 2. The van der Waals surface area contributed by atoms with E-state index in [-0.39, 0.29) is 32.7 Å². The number of benzene rings is 2. The molecule has 5 nitrogen and oxygen atoms in total. The van der Waals surface area contributed by atoms with Crippen LogP contribution in [0, 0.1) is 12.7 Å². The fourth-order valence-corrected chi connectivity index (χ4v) is 2.79. The van der Waals surface area contributed by atoms with Gasteiger partial charge < -0.3 is 10.5 Å². The minimum Gasteiger partial charge on any atom is -0.455 e. The van der Waals surface area contributed by atoms with Crippen LogP contribution in [0.1, 0.15) is 5.56 Å². The molecule has 0 aliphatic carbocycles. The van der Waals surface area contributed by atoms with Gasteiger partial charge in [-0.15, -0.1) is 0 Å². The summed E-state index contributed by atoms with van der Waals surface area (Å²) in [6, 6.07) is 6.26. The first kappa shape index (κ1) is 15.6. The predicted octanol–water partition coefficient (Wildman–Crippen LogP) is 2.81. The van der Waals surface area contributed by atoms with Crippen LogP contribution in [-0.4, -0.2) is 8.42 Å². The highest BCUT2D eigenvalue weighted by Gasteiger charge is 2.17. The molecule has 0 radical (unpaired) electrons. The molecule has 0 bridgehead atoms. The van der Waals surface area contributed by atoms with Crippen LogP contribution in [0.5, 0.6) is 11.5 Å². The molecule has 112 valence electrons. The van der Waals surface area contributed by atoms with E-state index in [1.54, 1.807) is 0 Å². The number of nitrogen functional groups attached to an aromatic ring is 1. The quantitative estimate of drug-likeness (QED) is 0.846. The molecule has 0 spiro atoms. The smallest absolute Gasteiger partial charge is 0.238 e. The van der Waals surface area contributed by atoms with Crippen molar-refractivity contribution in [3.63, 3.8) is 0 Å². The first-order chi connectivity index (χ1) is 9.68. The Hall–Kier alpha value is -1.83. The fourth-order valence-electron chi connectivity index (χ4n) is 1.76. The van der Waals surface area contributed by atoms with Crippen molar-refractivity contribution in [1.82, 2.24) is 0 Å². The summed E-state index contributed by atoms with van der Waals surface area (Å²) in [6.45, 7) is 1.52. The highest BCUT2D eigenvalue weighted by Crippen LogP contribution is 2.35. The normalized spacial score (nSPS) is 11.4. The zero-order valence-electron chi connectivity index (χ0n) is 10.9. The molecule has 2 aromatic carbocycles. The average Bonchev–Trinajstić information content (AvgIpc) is 2.35. The Morgan fingerprint density at radius 2 is 1.86 bits per heavy atom. The Morgan fingerprint density at radius 3 is 2.43 bits per heavy atom. The highest BCUT2D eigenvalue weighted by molar-refractivity contribution is 7.89. The molecule has 2 rings (SSSR count). The molecule has 8 heteroatoms. The van der Waals surface area contributed by atoms with Gasteiger partial charge in [0.05, 0.1) is 9.92 Å². The maximum absolute atomic E-state index is 13.0. The number of primary sulfonamides is 1. The summed E-state index contributed by atoms with van der Waals surface area (Å²) in [4.78, 5) is -0.143. The summed E-state index contributed by atoms with van der Waals surface area (Å²) in [5, 5.41) is 5.17. The van der Waals surface area contributed by atoms with Crippen LogP contribution in [-0.2, 0) is 10.0 Å². The summed E-state index contributed by atoms with van der Waals surface area (Å²) < 4.78 is 41.5. The van der Waals surface area contributed by atoms with Crippen LogP contribution in [0.15, 0.2) is 35.2 Å². The van der Waals surface area contributed by atoms with Gasteiger partial charge in [0.2, 0.25) is 10.0 Å². The van der Waals surface area contributed by atoms with Crippen LogP contribution in [0.2, 0.25) is 5.02 Å². The average molecular weight is 331 g/mol. The third kappa shape index (κ3) is 3.44. The molecule has 0 saturated carbocycles. The molecule has 0 amide bonds. The van der Waals surface area contributed by atoms with Gasteiger partial charge in [0.15, 0.2) is 0 Å². The SMILES string of the molecule is Cc1c(Oc2ccc(F)cc2Cl)cc(N)cc1S(N)(=O)=O. The largest absolute Gasteiger partial charge is 0.455 e. The van der Waals surface area contributed by atoms with Gasteiger partial charge in [-0.3, -0.25) is 0 Å². The molecule has 0 aliphatic heterocycles. The van der Waals surface area contributed by atoms with Gasteiger partial charge in [-0.2, -0.15) is 0 Å². The van der Waals surface area contributed by atoms with E-state index in [0.29, 0.717) is 0 Å². The van der Waals surface area contributed by atoms with E-state index in [9.17, 15) is 12.8 Å². The molecule has 0 heterocycles. The summed E-state index contributed by atoms with van der Waals surface area (Å²) >= 11 is 5.86. The summed E-state index contributed by atoms with van der Waals surface area (Å²) in [5.41, 5.74) is 6.10. The van der Waals surface area contributed by atoms with Gasteiger partial charge in [0, 0.05) is 17.3 Å². The van der Waals surface area contributed by atoms with Crippen molar-refractivity contribution in [3.05, 3.63) is 46.7 Å². The number of sulfonamides is 1. The molecular weight excluding hydrogens is 319 g/mol. The van der Waals surface area contributed by atoms with Gasteiger partial charge >= 0.3 is 0 Å². The fraction of sp³-hybridized carbons (Fsp3) is 0.0769. The van der Waals surface area contributed by atoms with Crippen molar-refractivity contribution in [2.75, 3.05) is 5.73 Å². The standard InChI is InChI=1S/C13H12ClFN2O3S/c1-7-12(5-9(16)6-13(7)21(17,18)19)20-11-3-2-8(15)4-10(11)14/h2-6H,16H2,1H3,(H2,17,18,19). The minimum atomic E-state index is -3.94. The van der Waals surface area contributed by atoms with E-state index in [0.717, 1.165) is 6.07 Å². The zero-order valence-corrected chi connectivity index (χ0v) is 12.5. The maximum atomic E-state index is 13.0. The third-order valence-corrected chi connectivity index (χ3v) is 4.09. The van der Waals surface area contributed by atoms with E-state index in [2.05, 4.69) is 0 Å². The van der Waals surface area contributed by atoms with Crippen molar-refractivity contribution < 1.29 is 17.5 Å². The molecule has 4 N–H and O–H groups in total. The highest BCUT2D eigenvalue weighted by atomic mass is 35.5. The van der Waals surface area contributed by atoms with Crippen LogP contribution in [0.25, 0.3) is 0 Å². The van der Waals surface area contributed by atoms with E-state index >= 15 is 0 Å². The van der Waals surface area contributed by atoms with E-state index in [1.165, 1.54) is 31.2 Å². The third-order valence-electron chi connectivity index (χ3n) is 2.76. The van der Waals surface area contributed by atoms with Gasteiger partial charge in [-0.05, 0) is 31.2 Å². The van der Waals surface area contributed by atoms with Crippen LogP contribution in [0.3, 0.4) is 0 Å². The second kappa shape index (κ2) is 5.51. The molecule has 0 unspecified atom stereocenters. The molecule has 0 aliphatic rings. The maximum Gasteiger partial charge on any atom is 0.238 e. The summed E-state index contributed by atoms with van der Waals surface area (Å²) in [5.74, 6) is -0.165. The van der Waals surface area contributed by atoms with E-state index in [4.69, 9.17) is 27.2 Å². The van der Waals surface area contributed by atoms with Gasteiger partial charge in [0.1, 0.15) is 17.3 Å². The lowest BCUT2D eigenvalue weighted by molar-refractivity contribution is 0.475. The number of hydrogen-bond acceptors (Lipinski definition) is 4. The van der Waals surface area contributed by atoms with Crippen LogP contribution in [0.4, 0.5) is 10.1 Å². The summed E-state index contributed by atoms with van der Waals surface area (Å²) in [7, 11) is -3.94. The van der Waals surface area contributed by atoms with Crippen LogP contribution < -0.4 is 15.6 Å². The first-order valence-electron chi connectivity index (χ1n) is 5.74. The van der Waals surface area contributed by atoms with E-state index in [1.807, 2.05) is 0 Å². The van der Waals surface area contributed by atoms with E-state index < -0.39 is 15.8 Å². The lowest BCUT2D eigenvalue weighted by atomic mass is 10.2. The van der Waals surface area contributed by atoms with Crippen molar-refractivity contribution in [2.24, 2.45) is 5.14 Å². The number of nitrogens with two attached hydrogens (primary N) is 2. The first-order valence-corrected chi connectivity index (χ1v) is 7.67. The Bertz CT molecular complexity index is 809. The van der Waals surface area contributed by atoms with Gasteiger partial charge in [-0.25, -0.2) is 17.9 Å². The van der Waals surface area contributed by atoms with Crippen molar-refractivity contribution in [1.29, 1.82) is 0 Å². The molecular formula is C13H12ClFN2O3S. The minimum absolute atomic E-state index is 0.0500. The molecule has 0 atom stereocenters.